The van der Waals surface area contributed by atoms with Crippen LogP contribution < -0.4 is 14.8 Å². The summed E-state index contributed by atoms with van der Waals surface area (Å²) in [7, 11) is 0. The van der Waals surface area contributed by atoms with Gasteiger partial charge in [-0.25, -0.2) is 9.59 Å². The monoisotopic (exact) mass is 441 g/mol. The Morgan fingerprint density at radius 1 is 1.00 bits per heavy atom. The van der Waals surface area contributed by atoms with Crippen LogP contribution in [0.3, 0.4) is 0 Å². The van der Waals surface area contributed by atoms with E-state index >= 15 is 0 Å². The second-order valence-corrected chi connectivity index (χ2v) is 6.94. The number of carbonyl (C=O) groups is 4. The molecule has 2 aromatic carbocycles. The average Bonchev–Trinajstić information content (AvgIpc) is 3.28. The van der Waals surface area contributed by atoms with Gasteiger partial charge in [0.15, 0.2) is 11.5 Å². The van der Waals surface area contributed by atoms with Crippen LogP contribution in [-0.4, -0.2) is 49.7 Å². The van der Waals surface area contributed by atoms with Crippen LogP contribution in [0.5, 0.6) is 11.5 Å². The van der Waals surface area contributed by atoms with Crippen molar-refractivity contribution < 1.29 is 38.1 Å². The van der Waals surface area contributed by atoms with Gasteiger partial charge < -0.3 is 24.3 Å². The van der Waals surface area contributed by atoms with Gasteiger partial charge >= 0.3 is 17.9 Å². The van der Waals surface area contributed by atoms with Crippen molar-refractivity contribution in [1.29, 1.82) is 0 Å². The molecule has 0 radical (unpaired) electrons. The second kappa shape index (κ2) is 10.5. The SMILES string of the molecule is CCNC(=O)c1cc(OC(=O)c2ccccc2)c(OC(C)=O)cc1C(=O)OC1CCOC1. The Labute approximate surface area is 184 Å². The number of rotatable bonds is 7. The molecule has 2 aromatic rings. The molecule has 1 fully saturated rings. The molecule has 32 heavy (non-hydrogen) atoms. The summed E-state index contributed by atoms with van der Waals surface area (Å²) in [5, 5.41) is 2.60. The maximum atomic E-state index is 12.8. The van der Waals surface area contributed by atoms with Gasteiger partial charge in [0.1, 0.15) is 6.10 Å². The van der Waals surface area contributed by atoms with E-state index in [4.69, 9.17) is 18.9 Å². The molecule has 3 rings (SSSR count). The lowest BCUT2D eigenvalue weighted by atomic mass is 10.0. The molecule has 1 aliphatic rings. The third-order valence-electron chi connectivity index (χ3n) is 4.51. The van der Waals surface area contributed by atoms with Crippen LogP contribution >= 0.6 is 0 Å². The molecule has 1 heterocycles. The summed E-state index contributed by atoms with van der Waals surface area (Å²) < 4.78 is 21.2. The fourth-order valence-corrected chi connectivity index (χ4v) is 3.04. The molecular formula is C23H23NO8. The summed E-state index contributed by atoms with van der Waals surface area (Å²) in [4.78, 5) is 49.6. The maximum absolute atomic E-state index is 12.8. The Hall–Kier alpha value is -3.72. The predicted octanol–water partition coefficient (Wildman–Crippen LogP) is 2.53. The molecule has 0 aromatic heterocycles. The first-order chi connectivity index (χ1) is 15.4. The average molecular weight is 441 g/mol. The van der Waals surface area contributed by atoms with Gasteiger partial charge in [0.2, 0.25) is 0 Å². The number of hydrogen-bond acceptors (Lipinski definition) is 8. The first-order valence-corrected chi connectivity index (χ1v) is 10.1. The number of esters is 3. The Kier molecular flexibility index (Phi) is 7.56. The van der Waals surface area contributed by atoms with Crippen LogP contribution in [0.2, 0.25) is 0 Å². The minimum atomic E-state index is -0.781. The lowest BCUT2D eigenvalue weighted by molar-refractivity contribution is -0.132. The topological polar surface area (TPSA) is 117 Å². The highest BCUT2D eigenvalue weighted by Gasteiger charge is 2.28. The quantitative estimate of drug-likeness (QED) is 0.515. The van der Waals surface area contributed by atoms with Crippen molar-refractivity contribution in [2.24, 2.45) is 0 Å². The number of ether oxygens (including phenoxy) is 4. The molecule has 1 atom stereocenters. The van der Waals surface area contributed by atoms with Gasteiger partial charge in [-0.05, 0) is 25.1 Å². The largest absolute Gasteiger partial charge is 0.456 e. The van der Waals surface area contributed by atoms with Crippen LogP contribution in [0.1, 0.15) is 51.3 Å². The summed E-state index contributed by atoms with van der Waals surface area (Å²) in [5.41, 5.74) is 0.0479. The molecule has 168 valence electrons. The van der Waals surface area contributed by atoms with Crippen molar-refractivity contribution in [3.05, 3.63) is 59.2 Å². The third kappa shape index (κ3) is 5.70. The fourth-order valence-electron chi connectivity index (χ4n) is 3.04. The molecule has 0 aliphatic carbocycles. The van der Waals surface area contributed by atoms with Gasteiger partial charge in [-0.1, -0.05) is 18.2 Å². The molecule has 1 amide bonds. The van der Waals surface area contributed by atoms with Crippen molar-refractivity contribution in [3.8, 4) is 11.5 Å². The van der Waals surface area contributed by atoms with Crippen molar-refractivity contribution >= 4 is 23.8 Å². The smallest absolute Gasteiger partial charge is 0.343 e. The van der Waals surface area contributed by atoms with Gasteiger partial charge in [-0.2, -0.15) is 0 Å². The highest BCUT2D eigenvalue weighted by atomic mass is 16.6. The van der Waals surface area contributed by atoms with E-state index in [0.717, 1.165) is 13.0 Å². The minimum absolute atomic E-state index is 0.0810. The van der Waals surface area contributed by atoms with Crippen molar-refractivity contribution in [2.75, 3.05) is 19.8 Å². The number of nitrogens with one attached hydrogen (secondary N) is 1. The van der Waals surface area contributed by atoms with Crippen LogP contribution in [-0.2, 0) is 14.3 Å². The Balaban J connectivity index is 2.01. The summed E-state index contributed by atoms with van der Waals surface area (Å²) in [6, 6.07) is 10.5. The summed E-state index contributed by atoms with van der Waals surface area (Å²) in [6.07, 6.45) is 0.0866. The van der Waals surface area contributed by atoms with E-state index in [9.17, 15) is 19.2 Å². The van der Waals surface area contributed by atoms with Crippen LogP contribution in [0, 0.1) is 0 Å². The second-order valence-electron chi connectivity index (χ2n) is 6.94. The van der Waals surface area contributed by atoms with E-state index in [1.807, 2.05) is 0 Å². The van der Waals surface area contributed by atoms with E-state index in [1.54, 1.807) is 37.3 Å². The summed E-state index contributed by atoms with van der Waals surface area (Å²) in [6.45, 7) is 3.90. The zero-order valence-electron chi connectivity index (χ0n) is 17.7. The van der Waals surface area contributed by atoms with E-state index in [0.29, 0.717) is 19.6 Å². The number of amides is 1. The van der Waals surface area contributed by atoms with Crippen LogP contribution in [0.15, 0.2) is 42.5 Å². The Morgan fingerprint density at radius 3 is 2.31 bits per heavy atom. The van der Waals surface area contributed by atoms with Crippen LogP contribution in [0.25, 0.3) is 0 Å². The molecule has 1 N–H and O–H groups in total. The fraction of sp³-hybridized carbons (Fsp3) is 0.304. The molecule has 1 unspecified atom stereocenters. The predicted molar refractivity (Wildman–Crippen MR) is 112 cm³/mol. The molecule has 0 spiro atoms. The van der Waals surface area contributed by atoms with E-state index in [-0.39, 0.29) is 34.8 Å². The molecular weight excluding hydrogens is 418 g/mol. The molecule has 0 saturated carbocycles. The first-order valence-electron chi connectivity index (χ1n) is 10.1. The van der Waals surface area contributed by atoms with Gasteiger partial charge in [0.05, 0.1) is 29.9 Å². The molecule has 1 aliphatic heterocycles. The lowest BCUT2D eigenvalue weighted by Crippen LogP contribution is -2.27. The Bertz CT molecular complexity index is 1010. The molecule has 9 nitrogen and oxygen atoms in total. The molecule has 9 heteroatoms. The summed E-state index contributed by atoms with van der Waals surface area (Å²) >= 11 is 0. The highest BCUT2D eigenvalue weighted by molar-refractivity contribution is 6.06. The van der Waals surface area contributed by atoms with Gasteiger partial charge in [-0.15, -0.1) is 0 Å². The molecule has 1 saturated heterocycles. The zero-order chi connectivity index (χ0) is 23.1. The number of carbonyl (C=O) groups excluding carboxylic acids is 4. The normalized spacial score (nSPS) is 15.0. The number of benzene rings is 2. The zero-order valence-corrected chi connectivity index (χ0v) is 17.7. The summed E-state index contributed by atoms with van der Waals surface area (Å²) in [5.74, 6) is -3.15. The van der Waals surface area contributed by atoms with Crippen molar-refractivity contribution in [1.82, 2.24) is 5.32 Å². The van der Waals surface area contributed by atoms with Gasteiger partial charge in [0, 0.05) is 26.0 Å². The van der Waals surface area contributed by atoms with Gasteiger partial charge in [0.25, 0.3) is 5.91 Å². The van der Waals surface area contributed by atoms with Crippen molar-refractivity contribution in [2.45, 2.75) is 26.4 Å². The molecule has 0 bridgehead atoms. The van der Waals surface area contributed by atoms with Gasteiger partial charge in [-0.3, -0.25) is 9.59 Å². The van der Waals surface area contributed by atoms with E-state index in [2.05, 4.69) is 5.32 Å². The van der Waals surface area contributed by atoms with Crippen molar-refractivity contribution in [3.63, 3.8) is 0 Å². The Morgan fingerprint density at radius 2 is 1.69 bits per heavy atom. The van der Waals surface area contributed by atoms with Crippen LogP contribution in [0.4, 0.5) is 0 Å². The standard InChI is InChI=1S/C23H23NO8/c1-3-24-21(26)17-11-20(32-22(27)15-7-5-4-6-8-15)19(30-14(2)25)12-18(17)23(28)31-16-9-10-29-13-16/h4-8,11-12,16H,3,9-10,13H2,1-2H3,(H,24,26). The van der Waals surface area contributed by atoms with E-state index in [1.165, 1.54) is 6.07 Å². The van der Waals surface area contributed by atoms with E-state index < -0.39 is 29.9 Å². The first kappa shape index (κ1) is 23.0. The maximum Gasteiger partial charge on any atom is 0.343 e. The lowest BCUT2D eigenvalue weighted by Gasteiger charge is -2.16. The minimum Gasteiger partial charge on any atom is -0.456 e. The number of hydrogen-bond donors (Lipinski definition) is 1. The third-order valence-corrected chi connectivity index (χ3v) is 4.51. The highest BCUT2D eigenvalue weighted by Crippen LogP contribution is 2.33.